The fraction of sp³-hybridized carbons (Fsp3) is 0.333. The molecule has 0 radical (unpaired) electrons. The van der Waals surface area contributed by atoms with E-state index in [0.717, 1.165) is 12.1 Å². The fourth-order valence-electron chi connectivity index (χ4n) is 1.13. The van der Waals surface area contributed by atoms with E-state index in [0.29, 0.717) is 5.56 Å². The zero-order valence-corrected chi connectivity index (χ0v) is 7.90. The van der Waals surface area contributed by atoms with Crippen LogP contribution in [-0.4, -0.2) is 6.18 Å². The summed E-state index contributed by atoms with van der Waals surface area (Å²) in [6.07, 6.45) is -4.66. The van der Waals surface area contributed by atoms with Crippen LogP contribution < -0.4 is 11.5 Å². The van der Waals surface area contributed by atoms with Crippen molar-refractivity contribution in [2.24, 2.45) is 5.73 Å². The molecule has 6 heteroatoms. The average molecular weight is 222 g/mol. The highest BCUT2D eigenvalue weighted by Crippen LogP contribution is 2.33. The Balaban J connectivity index is 3.21. The maximum atomic E-state index is 13.2. The first-order valence-corrected chi connectivity index (χ1v) is 4.11. The van der Waals surface area contributed by atoms with Gasteiger partial charge in [-0.2, -0.15) is 13.2 Å². The van der Waals surface area contributed by atoms with Gasteiger partial charge in [-0.15, -0.1) is 0 Å². The molecule has 0 bridgehead atoms. The van der Waals surface area contributed by atoms with Crippen molar-refractivity contribution in [2.45, 2.75) is 19.1 Å². The summed E-state index contributed by atoms with van der Waals surface area (Å²) >= 11 is 0. The summed E-state index contributed by atoms with van der Waals surface area (Å²) in [6, 6.07) is -0.462. The van der Waals surface area contributed by atoms with Crippen molar-refractivity contribution in [3.63, 3.8) is 0 Å². The molecule has 0 saturated heterocycles. The van der Waals surface area contributed by atoms with Gasteiger partial charge in [-0.1, -0.05) is 0 Å². The summed E-state index contributed by atoms with van der Waals surface area (Å²) in [5.74, 6) is -1.04. The minimum absolute atomic E-state index is 0.102. The van der Waals surface area contributed by atoms with Crippen LogP contribution in [0.3, 0.4) is 0 Å². The standard InChI is InChI=1S/C9H10F4N2/c1-4-2-5(6(10)3-7(4)14)8(15)9(11,12)13/h2-3,8H,14-15H2,1H3/t8-/m0/s1. The van der Waals surface area contributed by atoms with Gasteiger partial charge in [-0.25, -0.2) is 4.39 Å². The number of hydrogen-bond acceptors (Lipinski definition) is 2. The predicted molar refractivity (Wildman–Crippen MR) is 48.5 cm³/mol. The maximum Gasteiger partial charge on any atom is 0.407 e. The van der Waals surface area contributed by atoms with Crippen molar-refractivity contribution in [3.8, 4) is 0 Å². The number of aryl methyl sites for hydroxylation is 1. The summed E-state index contributed by atoms with van der Waals surface area (Å²) in [4.78, 5) is 0. The minimum atomic E-state index is -4.66. The van der Waals surface area contributed by atoms with E-state index in [4.69, 9.17) is 11.5 Å². The lowest BCUT2D eigenvalue weighted by molar-refractivity contribution is -0.149. The lowest BCUT2D eigenvalue weighted by atomic mass is 10.0. The Morgan fingerprint density at radius 2 is 1.80 bits per heavy atom. The van der Waals surface area contributed by atoms with Gasteiger partial charge in [0.25, 0.3) is 0 Å². The van der Waals surface area contributed by atoms with Crippen LogP contribution in [0.5, 0.6) is 0 Å². The Hall–Kier alpha value is -1.30. The Kier molecular flexibility index (Phi) is 2.90. The van der Waals surface area contributed by atoms with Gasteiger partial charge in [-0.3, -0.25) is 0 Å². The van der Waals surface area contributed by atoms with Gasteiger partial charge in [0.2, 0.25) is 0 Å². The molecule has 0 fully saturated rings. The first-order valence-electron chi connectivity index (χ1n) is 4.11. The van der Waals surface area contributed by atoms with E-state index < -0.39 is 23.6 Å². The number of halogens is 4. The summed E-state index contributed by atoms with van der Waals surface area (Å²) in [5, 5.41) is 0. The molecule has 0 spiro atoms. The molecule has 1 atom stereocenters. The van der Waals surface area contributed by atoms with Crippen LogP contribution in [0.2, 0.25) is 0 Å². The van der Waals surface area contributed by atoms with Gasteiger partial charge < -0.3 is 11.5 Å². The molecule has 4 N–H and O–H groups in total. The molecule has 15 heavy (non-hydrogen) atoms. The summed E-state index contributed by atoms with van der Waals surface area (Å²) in [5.41, 5.74) is 10.1. The minimum Gasteiger partial charge on any atom is -0.398 e. The number of anilines is 1. The summed E-state index contributed by atoms with van der Waals surface area (Å²) in [6.45, 7) is 1.49. The first-order chi connectivity index (χ1) is 6.73. The van der Waals surface area contributed by atoms with Crippen LogP contribution >= 0.6 is 0 Å². The van der Waals surface area contributed by atoms with Gasteiger partial charge in [0.05, 0.1) is 0 Å². The molecular formula is C9H10F4N2. The Bertz CT molecular complexity index is 373. The van der Waals surface area contributed by atoms with Gasteiger partial charge in [0.15, 0.2) is 0 Å². The average Bonchev–Trinajstić information content (AvgIpc) is 2.08. The van der Waals surface area contributed by atoms with Crippen LogP contribution in [0.15, 0.2) is 12.1 Å². The molecule has 0 saturated carbocycles. The third-order valence-corrected chi connectivity index (χ3v) is 2.07. The van der Waals surface area contributed by atoms with E-state index in [2.05, 4.69) is 0 Å². The number of nitrogen functional groups attached to an aromatic ring is 1. The molecule has 0 aliphatic rings. The van der Waals surface area contributed by atoms with Gasteiger partial charge in [-0.05, 0) is 24.6 Å². The molecule has 0 heterocycles. The second-order valence-corrected chi connectivity index (χ2v) is 3.25. The van der Waals surface area contributed by atoms with Crippen LogP contribution in [0.25, 0.3) is 0 Å². The van der Waals surface area contributed by atoms with E-state index in [-0.39, 0.29) is 5.69 Å². The van der Waals surface area contributed by atoms with Gasteiger partial charge in [0.1, 0.15) is 11.9 Å². The van der Waals surface area contributed by atoms with Crippen molar-refractivity contribution in [1.29, 1.82) is 0 Å². The number of benzene rings is 1. The topological polar surface area (TPSA) is 52.0 Å². The van der Waals surface area contributed by atoms with Gasteiger partial charge >= 0.3 is 6.18 Å². The van der Waals surface area contributed by atoms with Crippen LogP contribution in [0, 0.1) is 12.7 Å². The van der Waals surface area contributed by atoms with E-state index in [9.17, 15) is 17.6 Å². The maximum absolute atomic E-state index is 13.2. The molecule has 2 nitrogen and oxygen atoms in total. The van der Waals surface area contributed by atoms with Crippen molar-refractivity contribution >= 4 is 5.69 Å². The zero-order valence-electron chi connectivity index (χ0n) is 7.90. The summed E-state index contributed by atoms with van der Waals surface area (Å²) < 4.78 is 49.8. The smallest absolute Gasteiger partial charge is 0.398 e. The molecule has 1 aromatic carbocycles. The monoisotopic (exact) mass is 222 g/mol. The Labute approximate surface area is 83.9 Å². The molecule has 0 aliphatic carbocycles. The van der Waals surface area contributed by atoms with Crippen molar-refractivity contribution < 1.29 is 17.6 Å². The highest BCUT2D eigenvalue weighted by Gasteiger charge is 2.39. The molecule has 0 amide bonds. The van der Waals surface area contributed by atoms with Gasteiger partial charge in [0, 0.05) is 11.3 Å². The van der Waals surface area contributed by atoms with E-state index >= 15 is 0 Å². The molecule has 84 valence electrons. The van der Waals surface area contributed by atoms with Crippen LogP contribution in [0.4, 0.5) is 23.2 Å². The third-order valence-electron chi connectivity index (χ3n) is 2.07. The first kappa shape index (κ1) is 11.8. The largest absolute Gasteiger partial charge is 0.407 e. The Morgan fingerprint density at radius 1 is 1.27 bits per heavy atom. The van der Waals surface area contributed by atoms with Crippen molar-refractivity contribution in [1.82, 2.24) is 0 Å². The highest BCUT2D eigenvalue weighted by atomic mass is 19.4. The van der Waals surface area contributed by atoms with E-state index in [1.54, 1.807) is 0 Å². The molecule has 0 aliphatic heterocycles. The predicted octanol–water partition coefficient (Wildman–Crippen LogP) is 2.28. The van der Waals surface area contributed by atoms with Crippen molar-refractivity contribution in [3.05, 3.63) is 29.1 Å². The molecule has 0 aromatic heterocycles. The van der Waals surface area contributed by atoms with E-state index in [1.807, 2.05) is 0 Å². The molecule has 0 unspecified atom stereocenters. The third kappa shape index (κ3) is 2.38. The SMILES string of the molecule is Cc1cc([C@H](N)C(F)(F)F)c(F)cc1N. The lowest BCUT2D eigenvalue weighted by Gasteiger charge is -2.17. The van der Waals surface area contributed by atoms with Crippen molar-refractivity contribution in [2.75, 3.05) is 5.73 Å². The number of rotatable bonds is 1. The zero-order chi connectivity index (χ0) is 11.8. The molecule has 1 aromatic rings. The number of alkyl halides is 3. The van der Waals surface area contributed by atoms with Crippen LogP contribution in [0.1, 0.15) is 17.2 Å². The summed E-state index contributed by atoms with van der Waals surface area (Å²) in [7, 11) is 0. The van der Waals surface area contributed by atoms with Crippen LogP contribution in [-0.2, 0) is 0 Å². The number of hydrogen-bond donors (Lipinski definition) is 2. The second-order valence-electron chi connectivity index (χ2n) is 3.25. The fourth-order valence-corrected chi connectivity index (χ4v) is 1.13. The molecule has 1 rings (SSSR count). The number of nitrogens with two attached hydrogens (primary N) is 2. The molecular weight excluding hydrogens is 212 g/mol. The highest BCUT2D eigenvalue weighted by molar-refractivity contribution is 5.49. The quantitative estimate of drug-likeness (QED) is 0.565. The normalized spacial score (nSPS) is 14.0. The second kappa shape index (κ2) is 3.69. The lowest BCUT2D eigenvalue weighted by Crippen LogP contribution is -2.29. The van der Waals surface area contributed by atoms with E-state index in [1.165, 1.54) is 6.92 Å². The Morgan fingerprint density at radius 3 is 2.27 bits per heavy atom.